The smallest absolute Gasteiger partial charge is 0.251 e. The van der Waals surface area contributed by atoms with E-state index in [4.69, 9.17) is 0 Å². The Labute approximate surface area is 109 Å². The first-order valence-corrected chi connectivity index (χ1v) is 7.06. The number of fused-ring (bicyclic) bond motifs is 1. The van der Waals surface area contributed by atoms with Gasteiger partial charge in [-0.05, 0) is 37.6 Å². The molecule has 0 saturated carbocycles. The maximum atomic E-state index is 12.0. The first kappa shape index (κ1) is 11.6. The molecule has 2 N–H and O–H groups in total. The standard InChI is InChI=1S/C13H15N3OS/c17-13(15-7-10-2-1-5-14-10)9-3-4-11-12(6-9)18-8-16-11/h3-4,6,8,10,14H,1-2,5,7H2,(H,15,17). The van der Waals surface area contributed by atoms with E-state index in [-0.39, 0.29) is 5.91 Å². The molecule has 94 valence electrons. The van der Waals surface area contributed by atoms with E-state index < -0.39 is 0 Å². The molecule has 2 aromatic rings. The molecular weight excluding hydrogens is 246 g/mol. The Bertz CT molecular complexity index is 560. The molecule has 1 aliphatic heterocycles. The van der Waals surface area contributed by atoms with Crippen LogP contribution in [0.3, 0.4) is 0 Å². The van der Waals surface area contributed by atoms with E-state index in [1.54, 1.807) is 16.8 Å². The molecule has 0 bridgehead atoms. The Morgan fingerprint density at radius 3 is 3.33 bits per heavy atom. The number of amides is 1. The van der Waals surface area contributed by atoms with Crippen LogP contribution in [-0.2, 0) is 0 Å². The molecule has 1 aromatic heterocycles. The summed E-state index contributed by atoms with van der Waals surface area (Å²) in [6.45, 7) is 1.77. The van der Waals surface area contributed by atoms with Gasteiger partial charge in [-0.2, -0.15) is 0 Å². The number of rotatable bonds is 3. The van der Waals surface area contributed by atoms with E-state index in [0.717, 1.165) is 23.2 Å². The van der Waals surface area contributed by atoms with Crippen LogP contribution in [0.25, 0.3) is 10.2 Å². The molecule has 1 saturated heterocycles. The highest BCUT2D eigenvalue weighted by Crippen LogP contribution is 2.19. The monoisotopic (exact) mass is 261 g/mol. The SMILES string of the molecule is O=C(NCC1CCCN1)c1ccc2ncsc2c1. The normalized spacial score (nSPS) is 19.2. The molecule has 1 atom stereocenters. The fraction of sp³-hybridized carbons (Fsp3) is 0.385. The molecule has 1 aromatic carbocycles. The lowest BCUT2D eigenvalue weighted by atomic mass is 10.2. The van der Waals surface area contributed by atoms with Crippen LogP contribution in [0.5, 0.6) is 0 Å². The summed E-state index contributed by atoms with van der Waals surface area (Å²) in [6.07, 6.45) is 2.35. The highest BCUT2D eigenvalue weighted by atomic mass is 32.1. The summed E-state index contributed by atoms with van der Waals surface area (Å²) in [6, 6.07) is 6.07. The number of hydrogen-bond donors (Lipinski definition) is 2. The van der Waals surface area contributed by atoms with Gasteiger partial charge < -0.3 is 10.6 Å². The minimum Gasteiger partial charge on any atom is -0.350 e. The molecule has 5 heteroatoms. The lowest BCUT2D eigenvalue weighted by molar-refractivity contribution is 0.0950. The molecular formula is C13H15N3OS. The highest BCUT2D eigenvalue weighted by molar-refractivity contribution is 7.16. The number of nitrogens with zero attached hydrogens (tertiary/aromatic N) is 1. The third kappa shape index (κ3) is 2.37. The maximum Gasteiger partial charge on any atom is 0.251 e. The number of hydrogen-bond acceptors (Lipinski definition) is 4. The summed E-state index contributed by atoms with van der Waals surface area (Å²) in [7, 11) is 0. The van der Waals surface area contributed by atoms with E-state index >= 15 is 0 Å². The van der Waals surface area contributed by atoms with Gasteiger partial charge in [0, 0.05) is 18.2 Å². The predicted octanol–water partition coefficient (Wildman–Crippen LogP) is 1.78. The van der Waals surface area contributed by atoms with Gasteiger partial charge in [0.2, 0.25) is 0 Å². The zero-order valence-electron chi connectivity index (χ0n) is 9.98. The van der Waals surface area contributed by atoms with Crippen LogP contribution in [0.2, 0.25) is 0 Å². The molecule has 1 fully saturated rings. The number of nitrogens with one attached hydrogen (secondary N) is 2. The molecule has 1 amide bonds. The fourth-order valence-electron chi connectivity index (χ4n) is 2.25. The lowest BCUT2D eigenvalue weighted by Gasteiger charge is -2.11. The quantitative estimate of drug-likeness (QED) is 0.885. The minimum atomic E-state index is -0.000926. The van der Waals surface area contributed by atoms with Gasteiger partial charge in [0.25, 0.3) is 5.91 Å². The Morgan fingerprint density at radius 1 is 1.56 bits per heavy atom. The molecule has 0 spiro atoms. The second kappa shape index (κ2) is 5.04. The average Bonchev–Trinajstić information content (AvgIpc) is 3.05. The number of benzene rings is 1. The van der Waals surface area contributed by atoms with Crippen molar-refractivity contribution < 1.29 is 4.79 Å². The maximum absolute atomic E-state index is 12.0. The van der Waals surface area contributed by atoms with Gasteiger partial charge in [0.05, 0.1) is 15.7 Å². The molecule has 0 aliphatic carbocycles. The van der Waals surface area contributed by atoms with Gasteiger partial charge in [0.15, 0.2) is 0 Å². The zero-order valence-corrected chi connectivity index (χ0v) is 10.8. The van der Waals surface area contributed by atoms with Gasteiger partial charge in [-0.3, -0.25) is 4.79 Å². The summed E-state index contributed by atoms with van der Waals surface area (Å²) in [5, 5.41) is 6.35. The molecule has 1 aliphatic rings. The first-order chi connectivity index (χ1) is 8.83. The highest BCUT2D eigenvalue weighted by Gasteiger charge is 2.15. The Morgan fingerprint density at radius 2 is 2.50 bits per heavy atom. The van der Waals surface area contributed by atoms with E-state index in [1.807, 2.05) is 18.2 Å². The molecule has 4 nitrogen and oxygen atoms in total. The summed E-state index contributed by atoms with van der Waals surface area (Å²) in [5.74, 6) is -0.000926. The van der Waals surface area contributed by atoms with Crippen LogP contribution in [0, 0.1) is 0 Å². The molecule has 1 unspecified atom stereocenters. The summed E-state index contributed by atoms with van der Waals surface area (Å²) in [5.41, 5.74) is 3.47. The largest absolute Gasteiger partial charge is 0.350 e. The van der Waals surface area contributed by atoms with E-state index in [2.05, 4.69) is 15.6 Å². The number of carbonyl (C=O) groups is 1. The van der Waals surface area contributed by atoms with Crippen LogP contribution in [-0.4, -0.2) is 30.0 Å². The Hall–Kier alpha value is -1.46. The summed E-state index contributed by atoms with van der Waals surface area (Å²) in [4.78, 5) is 16.2. The molecule has 2 heterocycles. The van der Waals surface area contributed by atoms with Crippen LogP contribution in [0.1, 0.15) is 23.2 Å². The Kier molecular flexibility index (Phi) is 3.25. The summed E-state index contributed by atoms with van der Waals surface area (Å²) < 4.78 is 1.06. The van der Waals surface area contributed by atoms with Crippen LogP contribution in [0.4, 0.5) is 0 Å². The Balaban J connectivity index is 1.67. The van der Waals surface area contributed by atoms with Crippen molar-refractivity contribution in [2.24, 2.45) is 0 Å². The first-order valence-electron chi connectivity index (χ1n) is 6.18. The minimum absolute atomic E-state index is 0.000926. The van der Waals surface area contributed by atoms with Crippen LogP contribution < -0.4 is 10.6 Å². The van der Waals surface area contributed by atoms with Gasteiger partial charge in [-0.1, -0.05) is 0 Å². The fourth-order valence-corrected chi connectivity index (χ4v) is 2.96. The van der Waals surface area contributed by atoms with E-state index in [9.17, 15) is 4.79 Å². The van der Waals surface area contributed by atoms with Gasteiger partial charge in [-0.15, -0.1) is 11.3 Å². The van der Waals surface area contributed by atoms with Crippen molar-refractivity contribution in [3.8, 4) is 0 Å². The van der Waals surface area contributed by atoms with Crippen molar-refractivity contribution in [1.82, 2.24) is 15.6 Å². The predicted molar refractivity (Wildman–Crippen MR) is 73.0 cm³/mol. The number of thiazole rings is 1. The van der Waals surface area contributed by atoms with Gasteiger partial charge in [0.1, 0.15) is 0 Å². The average molecular weight is 261 g/mol. The van der Waals surface area contributed by atoms with Crippen LogP contribution >= 0.6 is 11.3 Å². The van der Waals surface area contributed by atoms with Crippen molar-refractivity contribution in [1.29, 1.82) is 0 Å². The van der Waals surface area contributed by atoms with Crippen molar-refractivity contribution in [2.45, 2.75) is 18.9 Å². The molecule has 18 heavy (non-hydrogen) atoms. The van der Waals surface area contributed by atoms with Crippen LogP contribution in [0.15, 0.2) is 23.7 Å². The lowest BCUT2D eigenvalue weighted by Crippen LogP contribution is -2.37. The van der Waals surface area contributed by atoms with Crippen molar-refractivity contribution in [2.75, 3.05) is 13.1 Å². The number of aromatic nitrogens is 1. The second-order valence-electron chi connectivity index (χ2n) is 4.54. The topological polar surface area (TPSA) is 54.0 Å². The van der Waals surface area contributed by atoms with E-state index in [1.165, 1.54) is 6.42 Å². The van der Waals surface area contributed by atoms with Crippen molar-refractivity contribution in [3.05, 3.63) is 29.3 Å². The third-order valence-electron chi connectivity index (χ3n) is 3.26. The van der Waals surface area contributed by atoms with Gasteiger partial charge >= 0.3 is 0 Å². The van der Waals surface area contributed by atoms with Crippen molar-refractivity contribution in [3.63, 3.8) is 0 Å². The summed E-state index contributed by atoms with van der Waals surface area (Å²) >= 11 is 1.56. The van der Waals surface area contributed by atoms with Crippen molar-refractivity contribution >= 4 is 27.5 Å². The molecule has 3 rings (SSSR count). The van der Waals surface area contributed by atoms with Gasteiger partial charge in [-0.25, -0.2) is 4.98 Å². The number of carbonyl (C=O) groups excluding carboxylic acids is 1. The second-order valence-corrected chi connectivity index (χ2v) is 5.42. The third-order valence-corrected chi connectivity index (χ3v) is 4.06. The molecule has 0 radical (unpaired) electrons. The van der Waals surface area contributed by atoms with E-state index in [0.29, 0.717) is 18.2 Å². The zero-order chi connectivity index (χ0) is 12.4.